The minimum Gasteiger partial charge on any atom is -0.330 e. The van der Waals surface area contributed by atoms with Gasteiger partial charge in [0.25, 0.3) is 0 Å². The molecule has 0 fully saturated rings. The molecule has 238 valence electrons. The van der Waals surface area contributed by atoms with Crippen LogP contribution in [0.2, 0.25) is 0 Å². The fourth-order valence-corrected chi connectivity index (χ4v) is 5.13. The summed E-state index contributed by atoms with van der Waals surface area (Å²) in [5.41, 5.74) is 42.5. The van der Waals surface area contributed by atoms with Crippen LogP contribution in [0.25, 0.3) is 11.1 Å². The van der Waals surface area contributed by atoms with Gasteiger partial charge in [-0.3, -0.25) is 0 Å². The van der Waals surface area contributed by atoms with Gasteiger partial charge in [0.05, 0.1) is 0 Å². The summed E-state index contributed by atoms with van der Waals surface area (Å²) in [4.78, 5) is 0. The van der Waals surface area contributed by atoms with E-state index < -0.39 is 0 Å². The van der Waals surface area contributed by atoms with E-state index in [1.165, 1.54) is 27.8 Å². The highest BCUT2D eigenvalue weighted by Crippen LogP contribution is 2.25. The van der Waals surface area contributed by atoms with Gasteiger partial charge in [0, 0.05) is 18.1 Å². The highest BCUT2D eigenvalue weighted by molar-refractivity contribution is 5.65. The lowest BCUT2D eigenvalue weighted by molar-refractivity contribution is 0.549. The van der Waals surface area contributed by atoms with E-state index in [2.05, 4.69) is 58.4 Å². The van der Waals surface area contributed by atoms with Crippen LogP contribution < -0.4 is 50.4 Å². The second kappa shape index (κ2) is 22.6. The molecule has 0 saturated carbocycles. The first kappa shape index (κ1) is 36.3. The van der Waals surface area contributed by atoms with Crippen LogP contribution in [0.5, 0.6) is 0 Å². The molecule has 0 aliphatic heterocycles. The van der Waals surface area contributed by atoms with E-state index in [1.807, 2.05) is 0 Å². The highest BCUT2D eigenvalue weighted by Gasteiger charge is 2.12. The van der Waals surface area contributed by atoms with E-state index in [4.69, 9.17) is 34.4 Å². The maximum Gasteiger partial charge on any atom is 0.00914 e. The van der Waals surface area contributed by atoms with Crippen LogP contribution in [0.1, 0.15) is 55.2 Å². The third-order valence-corrected chi connectivity index (χ3v) is 7.58. The van der Waals surface area contributed by atoms with Gasteiger partial charge < -0.3 is 50.4 Å². The Morgan fingerprint density at radius 1 is 0.452 bits per heavy atom. The summed E-state index contributed by atoms with van der Waals surface area (Å²) >= 11 is 0. The van der Waals surface area contributed by atoms with Crippen LogP contribution in [0.3, 0.4) is 0 Å². The van der Waals surface area contributed by atoms with Gasteiger partial charge in [-0.2, -0.15) is 0 Å². The van der Waals surface area contributed by atoms with E-state index >= 15 is 0 Å². The number of nitrogens with two attached hydrogens (primary N) is 6. The number of hydrogen-bond donors (Lipinski definition) is 9. The minimum atomic E-state index is 0.0903. The molecule has 9 heteroatoms. The van der Waals surface area contributed by atoms with Gasteiger partial charge in [0.1, 0.15) is 0 Å². The van der Waals surface area contributed by atoms with E-state index in [9.17, 15) is 0 Å². The normalized spacial score (nSPS) is 13.8. The van der Waals surface area contributed by atoms with E-state index in [0.29, 0.717) is 13.1 Å². The van der Waals surface area contributed by atoms with Crippen molar-refractivity contribution in [2.45, 2.75) is 75.9 Å². The molecule has 0 bridgehead atoms. The van der Waals surface area contributed by atoms with Crippen molar-refractivity contribution >= 4 is 0 Å². The van der Waals surface area contributed by atoms with Gasteiger partial charge in [-0.15, -0.1) is 0 Å². The number of hydrogen-bond acceptors (Lipinski definition) is 9. The Morgan fingerprint density at radius 3 is 1.21 bits per heavy atom. The molecule has 0 radical (unpaired) electrons. The maximum atomic E-state index is 6.56. The zero-order chi connectivity index (χ0) is 30.4. The quantitative estimate of drug-likeness (QED) is 0.0765. The standard InChI is InChI=1S/C33H61N9/c34-11-1-14-40-17-8-31(37)23-26-4-6-29(7-5-26)30-21-27(24-32(38)9-18-41-15-2-12-35)20-28(22-30)25-33(39)10-19-42-16-3-13-36/h4-7,20-22,31-33,40-42H,1-3,8-19,23-25,34-39H2. The predicted molar refractivity (Wildman–Crippen MR) is 180 cm³/mol. The third-order valence-electron chi connectivity index (χ3n) is 7.58. The highest BCUT2D eigenvalue weighted by atomic mass is 14.9. The summed E-state index contributed by atoms with van der Waals surface area (Å²) in [6.07, 6.45) is 8.31. The first-order valence-electron chi connectivity index (χ1n) is 16.2. The van der Waals surface area contributed by atoms with Crippen LogP contribution in [0, 0.1) is 0 Å². The van der Waals surface area contributed by atoms with Crippen LogP contribution in [0.4, 0.5) is 0 Å². The molecule has 42 heavy (non-hydrogen) atoms. The molecule has 15 N–H and O–H groups in total. The lowest BCUT2D eigenvalue weighted by Crippen LogP contribution is -2.30. The van der Waals surface area contributed by atoms with Gasteiger partial charge in [0.2, 0.25) is 0 Å². The van der Waals surface area contributed by atoms with Crippen molar-refractivity contribution in [1.29, 1.82) is 0 Å². The summed E-state index contributed by atoms with van der Waals surface area (Å²) in [6.45, 7) is 7.70. The Kier molecular flexibility index (Phi) is 19.5. The smallest absolute Gasteiger partial charge is 0.00914 e. The van der Waals surface area contributed by atoms with Gasteiger partial charge in [-0.1, -0.05) is 42.5 Å². The van der Waals surface area contributed by atoms with E-state index in [0.717, 1.165) is 104 Å². The average Bonchev–Trinajstić information content (AvgIpc) is 2.97. The second-order valence-electron chi connectivity index (χ2n) is 11.7. The summed E-state index contributed by atoms with van der Waals surface area (Å²) < 4.78 is 0. The van der Waals surface area contributed by atoms with Crippen molar-refractivity contribution < 1.29 is 0 Å². The summed E-state index contributed by atoms with van der Waals surface area (Å²) in [6, 6.07) is 16.0. The Hall–Kier alpha value is -1.92. The summed E-state index contributed by atoms with van der Waals surface area (Å²) in [7, 11) is 0. The molecule has 0 spiro atoms. The Morgan fingerprint density at radius 2 is 0.833 bits per heavy atom. The van der Waals surface area contributed by atoms with Crippen molar-refractivity contribution in [1.82, 2.24) is 16.0 Å². The first-order chi connectivity index (χ1) is 20.4. The molecule has 0 aliphatic rings. The van der Waals surface area contributed by atoms with Crippen molar-refractivity contribution in [3.8, 4) is 11.1 Å². The monoisotopic (exact) mass is 584 g/mol. The number of benzene rings is 2. The second-order valence-corrected chi connectivity index (χ2v) is 11.7. The largest absolute Gasteiger partial charge is 0.330 e. The molecular weight excluding hydrogens is 522 g/mol. The maximum absolute atomic E-state index is 6.56. The molecule has 0 amide bonds. The van der Waals surface area contributed by atoms with Gasteiger partial charge in [-0.05, 0) is 145 Å². The molecule has 0 aromatic heterocycles. The van der Waals surface area contributed by atoms with Gasteiger partial charge in [-0.25, -0.2) is 0 Å². The third kappa shape index (κ3) is 16.1. The van der Waals surface area contributed by atoms with Crippen molar-refractivity contribution in [3.63, 3.8) is 0 Å². The molecule has 2 aromatic carbocycles. The summed E-state index contributed by atoms with van der Waals surface area (Å²) in [5, 5.41) is 10.3. The van der Waals surface area contributed by atoms with Crippen molar-refractivity contribution in [3.05, 3.63) is 59.2 Å². The van der Waals surface area contributed by atoms with Crippen LogP contribution >= 0.6 is 0 Å². The Balaban J connectivity index is 2.06. The van der Waals surface area contributed by atoms with Crippen molar-refractivity contribution in [2.75, 3.05) is 58.9 Å². The van der Waals surface area contributed by atoms with E-state index in [-0.39, 0.29) is 18.1 Å². The minimum absolute atomic E-state index is 0.0903. The van der Waals surface area contributed by atoms with Gasteiger partial charge in [0.15, 0.2) is 0 Å². The lowest BCUT2D eigenvalue weighted by atomic mass is 9.92. The first-order valence-corrected chi connectivity index (χ1v) is 16.2. The Labute approximate surface area is 255 Å². The fraction of sp³-hybridized carbons (Fsp3) is 0.636. The molecule has 3 atom stereocenters. The average molecular weight is 584 g/mol. The molecule has 9 nitrogen and oxygen atoms in total. The Bertz CT molecular complexity index is 897. The lowest BCUT2D eigenvalue weighted by Gasteiger charge is -2.17. The molecular formula is C33H61N9. The van der Waals surface area contributed by atoms with E-state index in [1.54, 1.807) is 0 Å². The van der Waals surface area contributed by atoms with Gasteiger partial charge >= 0.3 is 0 Å². The van der Waals surface area contributed by atoms with Crippen LogP contribution in [0.15, 0.2) is 42.5 Å². The molecule has 0 heterocycles. The van der Waals surface area contributed by atoms with Crippen LogP contribution in [-0.4, -0.2) is 77.0 Å². The topological polar surface area (TPSA) is 192 Å². The molecule has 2 rings (SSSR count). The molecule has 3 unspecified atom stereocenters. The van der Waals surface area contributed by atoms with Crippen LogP contribution in [-0.2, 0) is 19.3 Å². The number of nitrogens with one attached hydrogen (secondary N) is 3. The number of rotatable bonds is 25. The predicted octanol–water partition coefficient (Wildman–Crippen LogP) is 0.949. The van der Waals surface area contributed by atoms with Crippen molar-refractivity contribution in [2.24, 2.45) is 34.4 Å². The molecule has 0 saturated heterocycles. The zero-order valence-electron chi connectivity index (χ0n) is 26.0. The fourth-order valence-electron chi connectivity index (χ4n) is 5.13. The SMILES string of the molecule is NCCCNCCC(N)Cc1ccc(-c2cc(CC(N)CCNCCCN)cc(CC(N)CCNCCCN)c2)cc1. The summed E-state index contributed by atoms with van der Waals surface area (Å²) in [5.74, 6) is 0. The zero-order valence-corrected chi connectivity index (χ0v) is 26.0. The molecule has 0 aliphatic carbocycles. The molecule has 2 aromatic rings.